The Balaban J connectivity index is 2.45. The third kappa shape index (κ3) is 4.71. The maximum Gasteiger partial charge on any atom is 0.126 e. The van der Waals surface area contributed by atoms with Crippen LogP contribution in [0.1, 0.15) is 25.8 Å². The number of benzene rings is 1. The van der Waals surface area contributed by atoms with Gasteiger partial charge in [0.15, 0.2) is 0 Å². The molecule has 0 radical (unpaired) electrons. The van der Waals surface area contributed by atoms with E-state index in [0.717, 1.165) is 37.6 Å². The largest absolute Gasteiger partial charge is 0.317 e. The van der Waals surface area contributed by atoms with Crippen LogP contribution in [0, 0.1) is 17.6 Å². The number of rotatable bonds is 6. The summed E-state index contributed by atoms with van der Waals surface area (Å²) >= 11 is 0. The van der Waals surface area contributed by atoms with Crippen LogP contribution < -0.4 is 5.32 Å². The van der Waals surface area contributed by atoms with Gasteiger partial charge in [0.05, 0.1) is 0 Å². The molecule has 0 heterocycles. The van der Waals surface area contributed by atoms with E-state index in [1.165, 1.54) is 12.1 Å². The van der Waals surface area contributed by atoms with E-state index in [2.05, 4.69) is 19.2 Å². The first kappa shape index (κ1) is 13.1. The Morgan fingerprint density at radius 3 is 2.38 bits per heavy atom. The molecule has 0 aliphatic rings. The van der Waals surface area contributed by atoms with Gasteiger partial charge in [-0.3, -0.25) is 0 Å². The minimum Gasteiger partial charge on any atom is -0.317 e. The highest BCUT2D eigenvalue weighted by Gasteiger charge is 2.06. The quantitative estimate of drug-likeness (QED) is 0.736. The number of hydrogen-bond acceptors (Lipinski definition) is 1. The first-order valence-corrected chi connectivity index (χ1v) is 5.77. The van der Waals surface area contributed by atoms with E-state index in [9.17, 15) is 8.78 Å². The molecule has 0 aliphatic heterocycles. The molecular formula is C13H19F2N. The molecule has 0 saturated carbocycles. The summed E-state index contributed by atoms with van der Waals surface area (Å²) < 4.78 is 25.9. The summed E-state index contributed by atoms with van der Waals surface area (Å²) in [6.45, 7) is 6.07. The average molecular weight is 227 g/mol. The molecule has 0 fully saturated rings. The molecule has 0 bridgehead atoms. The normalized spacial score (nSPS) is 12.8. The molecule has 1 unspecified atom stereocenters. The molecule has 1 nitrogen and oxygen atoms in total. The van der Waals surface area contributed by atoms with Gasteiger partial charge in [-0.15, -0.1) is 0 Å². The third-order valence-corrected chi connectivity index (χ3v) is 2.57. The molecule has 3 heteroatoms. The molecule has 1 aromatic rings. The van der Waals surface area contributed by atoms with Crippen molar-refractivity contribution in [1.82, 2.24) is 5.32 Å². The zero-order valence-corrected chi connectivity index (χ0v) is 9.89. The van der Waals surface area contributed by atoms with E-state index in [-0.39, 0.29) is 0 Å². The molecule has 0 saturated heterocycles. The van der Waals surface area contributed by atoms with Crippen LogP contribution in [0.25, 0.3) is 0 Å². The van der Waals surface area contributed by atoms with Crippen molar-refractivity contribution >= 4 is 0 Å². The molecule has 0 aromatic heterocycles. The molecule has 1 N–H and O–H groups in total. The van der Waals surface area contributed by atoms with Gasteiger partial charge < -0.3 is 5.32 Å². The molecular weight excluding hydrogens is 208 g/mol. The fraction of sp³-hybridized carbons (Fsp3) is 0.538. The minimum absolute atomic E-state index is 0.431. The van der Waals surface area contributed by atoms with Crippen molar-refractivity contribution in [1.29, 1.82) is 0 Å². The molecule has 1 atom stereocenters. The van der Waals surface area contributed by atoms with Gasteiger partial charge in [-0.2, -0.15) is 0 Å². The minimum atomic E-state index is -0.492. The smallest absolute Gasteiger partial charge is 0.126 e. The fourth-order valence-corrected chi connectivity index (χ4v) is 1.76. The van der Waals surface area contributed by atoms with Crippen molar-refractivity contribution in [3.8, 4) is 0 Å². The molecule has 1 rings (SSSR count). The van der Waals surface area contributed by atoms with Gasteiger partial charge >= 0.3 is 0 Å². The number of nitrogens with one attached hydrogen (secondary N) is 1. The Labute approximate surface area is 95.9 Å². The van der Waals surface area contributed by atoms with Crippen LogP contribution in [0.3, 0.4) is 0 Å². The highest BCUT2D eigenvalue weighted by Crippen LogP contribution is 2.14. The molecule has 0 amide bonds. The second-order valence-electron chi connectivity index (χ2n) is 4.23. The van der Waals surface area contributed by atoms with E-state index in [4.69, 9.17) is 0 Å². The molecule has 1 aromatic carbocycles. The molecule has 0 spiro atoms. The summed E-state index contributed by atoms with van der Waals surface area (Å²) in [6.07, 6.45) is 1.74. The zero-order chi connectivity index (χ0) is 12.0. The van der Waals surface area contributed by atoms with E-state index >= 15 is 0 Å². The predicted molar refractivity (Wildman–Crippen MR) is 62.4 cm³/mol. The Morgan fingerprint density at radius 2 is 1.81 bits per heavy atom. The van der Waals surface area contributed by atoms with E-state index in [1.807, 2.05) is 0 Å². The van der Waals surface area contributed by atoms with Crippen LogP contribution in [-0.4, -0.2) is 13.1 Å². The summed E-state index contributed by atoms with van der Waals surface area (Å²) in [5.41, 5.74) is 0.737. The lowest BCUT2D eigenvalue weighted by atomic mass is 9.98. The molecule has 0 aliphatic carbocycles. The van der Waals surface area contributed by atoms with Crippen LogP contribution in [0.4, 0.5) is 8.78 Å². The molecule has 90 valence electrons. The monoisotopic (exact) mass is 227 g/mol. The second-order valence-corrected chi connectivity index (χ2v) is 4.23. The van der Waals surface area contributed by atoms with E-state index in [0.29, 0.717) is 5.92 Å². The van der Waals surface area contributed by atoms with Crippen molar-refractivity contribution in [2.75, 3.05) is 13.1 Å². The van der Waals surface area contributed by atoms with Gasteiger partial charge in [-0.25, -0.2) is 8.78 Å². The maximum atomic E-state index is 12.9. The summed E-state index contributed by atoms with van der Waals surface area (Å²) in [7, 11) is 0. The Bertz CT molecular complexity index is 305. The summed E-state index contributed by atoms with van der Waals surface area (Å²) in [5, 5.41) is 3.24. The Morgan fingerprint density at radius 1 is 1.19 bits per heavy atom. The van der Waals surface area contributed by atoms with Gasteiger partial charge in [0.1, 0.15) is 11.6 Å². The maximum absolute atomic E-state index is 12.9. The third-order valence-electron chi connectivity index (χ3n) is 2.57. The van der Waals surface area contributed by atoms with Gasteiger partial charge in [-0.1, -0.05) is 13.8 Å². The van der Waals surface area contributed by atoms with Crippen LogP contribution in [0.15, 0.2) is 18.2 Å². The van der Waals surface area contributed by atoms with Gasteiger partial charge in [-0.05, 0) is 49.5 Å². The fourth-order valence-electron chi connectivity index (χ4n) is 1.76. The van der Waals surface area contributed by atoms with Crippen molar-refractivity contribution in [3.05, 3.63) is 35.4 Å². The lowest BCUT2D eigenvalue weighted by Crippen LogP contribution is -2.17. The standard InChI is InChI=1S/C13H19F2N/c1-3-16-5-4-10(2)6-11-7-12(14)9-13(15)8-11/h7-10,16H,3-6H2,1-2H3. The van der Waals surface area contributed by atoms with E-state index < -0.39 is 11.6 Å². The lowest BCUT2D eigenvalue weighted by molar-refractivity contribution is 0.500. The number of halogens is 2. The number of hydrogen-bond donors (Lipinski definition) is 1. The van der Waals surface area contributed by atoms with Crippen LogP contribution in [-0.2, 0) is 6.42 Å². The summed E-state index contributed by atoms with van der Waals surface area (Å²) in [6, 6.07) is 3.73. The first-order chi connectivity index (χ1) is 7.61. The van der Waals surface area contributed by atoms with Gasteiger partial charge in [0, 0.05) is 6.07 Å². The first-order valence-electron chi connectivity index (χ1n) is 5.77. The summed E-state index contributed by atoms with van der Waals surface area (Å²) in [5.74, 6) is -0.553. The molecule has 16 heavy (non-hydrogen) atoms. The lowest BCUT2D eigenvalue weighted by Gasteiger charge is -2.11. The van der Waals surface area contributed by atoms with Crippen molar-refractivity contribution in [2.24, 2.45) is 5.92 Å². The van der Waals surface area contributed by atoms with E-state index in [1.54, 1.807) is 0 Å². The highest BCUT2D eigenvalue weighted by atomic mass is 19.1. The zero-order valence-electron chi connectivity index (χ0n) is 9.89. The topological polar surface area (TPSA) is 12.0 Å². The second kappa shape index (κ2) is 6.59. The van der Waals surface area contributed by atoms with Gasteiger partial charge in [0.25, 0.3) is 0 Å². The van der Waals surface area contributed by atoms with Crippen molar-refractivity contribution in [3.63, 3.8) is 0 Å². The summed E-state index contributed by atoms with van der Waals surface area (Å²) in [4.78, 5) is 0. The van der Waals surface area contributed by atoms with Crippen LogP contribution in [0.2, 0.25) is 0 Å². The SMILES string of the molecule is CCNCCC(C)Cc1cc(F)cc(F)c1. The van der Waals surface area contributed by atoms with Crippen molar-refractivity contribution < 1.29 is 8.78 Å². The highest BCUT2D eigenvalue weighted by molar-refractivity contribution is 5.18. The van der Waals surface area contributed by atoms with Crippen LogP contribution in [0.5, 0.6) is 0 Å². The van der Waals surface area contributed by atoms with Crippen LogP contribution >= 0.6 is 0 Å². The van der Waals surface area contributed by atoms with Gasteiger partial charge in [0.2, 0.25) is 0 Å². The average Bonchev–Trinajstić information content (AvgIpc) is 2.16. The Hall–Kier alpha value is -0.960. The predicted octanol–water partition coefficient (Wildman–Crippen LogP) is 3.14. The van der Waals surface area contributed by atoms with Crippen molar-refractivity contribution in [2.45, 2.75) is 26.7 Å². The Kier molecular flexibility index (Phi) is 5.39.